The number of fused-ring (bicyclic) bond motifs is 2. The summed E-state index contributed by atoms with van der Waals surface area (Å²) in [4.78, 5) is 26.5. The molecule has 6 nitrogen and oxygen atoms in total. The van der Waals surface area contributed by atoms with Crippen molar-refractivity contribution in [3.8, 4) is 0 Å². The molecule has 2 N–H and O–H groups in total. The largest absolute Gasteiger partial charge is 0.478 e. The molecule has 142 valence electrons. The highest BCUT2D eigenvalue weighted by Gasteiger charge is 2.23. The number of piperidine rings is 1. The topological polar surface area (TPSA) is 90.7 Å². The van der Waals surface area contributed by atoms with Gasteiger partial charge in [0.15, 0.2) is 0 Å². The van der Waals surface area contributed by atoms with E-state index in [9.17, 15) is 9.59 Å². The molecule has 0 saturated carbocycles. The molecule has 0 radical (unpaired) electrons. The normalized spacial score (nSPS) is 19.0. The maximum absolute atomic E-state index is 9.55. The standard InChI is InChI=1S/C16H18N2S.C4H4O4/c1-18-8-6-11(7-9-18)16-17-15-13-5-3-2-4-12(13)10-14(15)19-16;5-3(6)1-2-4(7)8/h2-4,10-11H,5-9H2,1H3;1-2H,(H,5,6)(H,7,8). The van der Waals surface area contributed by atoms with E-state index >= 15 is 0 Å². The van der Waals surface area contributed by atoms with Gasteiger partial charge in [0.1, 0.15) is 0 Å². The predicted molar refractivity (Wildman–Crippen MR) is 105 cm³/mol. The predicted octanol–water partition coefficient (Wildman–Crippen LogP) is 1.50. The maximum atomic E-state index is 9.55. The molecule has 27 heavy (non-hydrogen) atoms. The minimum atomic E-state index is -1.26. The Morgan fingerprint density at radius 1 is 1.22 bits per heavy atom. The first kappa shape index (κ1) is 19.3. The number of thiazole rings is 1. The van der Waals surface area contributed by atoms with Crippen LogP contribution in [0.1, 0.15) is 30.2 Å². The molecule has 1 aromatic rings. The van der Waals surface area contributed by atoms with Gasteiger partial charge >= 0.3 is 11.9 Å². The van der Waals surface area contributed by atoms with E-state index in [0.717, 1.165) is 6.42 Å². The summed E-state index contributed by atoms with van der Waals surface area (Å²) in [6.07, 6.45) is 13.6. The van der Waals surface area contributed by atoms with Gasteiger partial charge < -0.3 is 15.1 Å². The summed E-state index contributed by atoms with van der Waals surface area (Å²) in [6.45, 7) is 2.42. The average molecular weight is 386 g/mol. The zero-order chi connectivity index (χ0) is 19.4. The number of nitrogens with zero attached hydrogens (tertiary/aromatic N) is 2. The second kappa shape index (κ2) is 8.45. The number of carboxylic acid groups (broad SMARTS) is 2. The molecular formula is C20H22N2O4S. The monoisotopic (exact) mass is 386 g/mol. The minimum Gasteiger partial charge on any atom is -0.478 e. The summed E-state index contributed by atoms with van der Waals surface area (Å²) in [5.74, 6) is -1.83. The van der Waals surface area contributed by atoms with E-state index in [4.69, 9.17) is 15.2 Å². The Morgan fingerprint density at radius 2 is 1.89 bits per heavy atom. The Bertz CT molecular complexity index is 931. The first-order valence-electron chi connectivity index (χ1n) is 8.85. The van der Waals surface area contributed by atoms with Crippen LogP contribution in [0.25, 0.3) is 11.6 Å². The van der Waals surface area contributed by atoms with Crippen LogP contribution in [0.15, 0.2) is 36.0 Å². The summed E-state index contributed by atoms with van der Waals surface area (Å²) in [5, 5.41) is 18.3. The van der Waals surface area contributed by atoms with Crippen molar-refractivity contribution in [1.29, 1.82) is 0 Å². The van der Waals surface area contributed by atoms with E-state index in [1.165, 1.54) is 52.0 Å². The highest BCUT2D eigenvalue weighted by Crippen LogP contribution is 2.29. The second-order valence-electron chi connectivity index (χ2n) is 6.73. The van der Waals surface area contributed by atoms with E-state index < -0.39 is 11.9 Å². The van der Waals surface area contributed by atoms with E-state index in [1.807, 2.05) is 11.3 Å². The Morgan fingerprint density at radius 3 is 2.52 bits per heavy atom. The molecule has 2 heterocycles. The molecule has 1 saturated heterocycles. The van der Waals surface area contributed by atoms with Crippen LogP contribution in [-0.2, 0) is 9.59 Å². The Kier molecular flexibility index (Phi) is 6.03. The van der Waals surface area contributed by atoms with E-state index in [1.54, 1.807) is 0 Å². The van der Waals surface area contributed by atoms with Crippen LogP contribution < -0.4 is 9.88 Å². The van der Waals surface area contributed by atoms with Crippen molar-refractivity contribution in [3.63, 3.8) is 0 Å². The maximum Gasteiger partial charge on any atom is 0.328 e. The summed E-state index contributed by atoms with van der Waals surface area (Å²) >= 11 is 1.92. The van der Waals surface area contributed by atoms with Gasteiger partial charge in [-0.15, -0.1) is 11.3 Å². The first-order valence-corrected chi connectivity index (χ1v) is 9.67. The molecule has 1 aliphatic heterocycles. The lowest BCUT2D eigenvalue weighted by Gasteiger charge is -2.27. The smallest absolute Gasteiger partial charge is 0.328 e. The Balaban J connectivity index is 0.000000226. The van der Waals surface area contributed by atoms with Gasteiger partial charge in [-0.2, -0.15) is 0 Å². The van der Waals surface area contributed by atoms with Crippen LogP contribution >= 0.6 is 11.3 Å². The van der Waals surface area contributed by atoms with E-state index in [0.29, 0.717) is 18.1 Å². The average Bonchev–Trinajstić information content (AvgIpc) is 3.19. The number of carboxylic acids is 2. The molecule has 0 bridgehead atoms. The molecule has 3 aliphatic rings. The van der Waals surface area contributed by atoms with Crippen LogP contribution in [0.4, 0.5) is 0 Å². The van der Waals surface area contributed by atoms with E-state index in [2.05, 4.69) is 36.3 Å². The number of aromatic nitrogens is 1. The second-order valence-corrected chi connectivity index (χ2v) is 7.79. The third kappa shape index (κ3) is 4.81. The molecule has 0 unspecified atom stereocenters. The van der Waals surface area contributed by atoms with Crippen molar-refractivity contribution in [2.24, 2.45) is 0 Å². The number of rotatable bonds is 3. The lowest BCUT2D eigenvalue weighted by molar-refractivity contribution is -0.134. The molecular weight excluding hydrogens is 364 g/mol. The van der Waals surface area contributed by atoms with Crippen molar-refractivity contribution < 1.29 is 19.8 Å². The molecule has 7 heteroatoms. The molecule has 2 aliphatic carbocycles. The zero-order valence-corrected chi connectivity index (χ0v) is 15.9. The molecule has 0 amide bonds. The lowest BCUT2D eigenvalue weighted by Crippen LogP contribution is -2.29. The van der Waals surface area contributed by atoms with Crippen LogP contribution in [0.3, 0.4) is 0 Å². The quantitative estimate of drug-likeness (QED) is 0.765. The van der Waals surface area contributed by atoms with Crippen molar-refractivity contribution in [3.05, 3.63) is 50.8 Å². The van der Waals surface area contributed by atoms with Crippen molar-refractivity contribution >= 4 is 34.9 Å². The minimum absolute atomic E-state index is 0.558. The first-order chi connectivity index (χ1) is 12.9. The van der Waals surface area contributed by atoms with Gasteiger partial charge in [-0.1, -0.05) is 18.2 Å². The summed E-state index contributed by atoms with van der Waals surface area (Å²) < 4.78 is 1.39. The van der Waals surface area contributed by atoms with Crippen LogP contribution in [-0.4, -0.2) is 52.2 Å². The van der Waals surface area contributed by atoms with Crippen LogP contribution in [0, 0.1) is 0 Å². The van der Waals surface area contributed by atoms with Crippen molar-refractivity contribution in [2.75, 3.05) is 20.1 Å². The van der Waals surface area contributed by atoms with Gasteiger partial charge in [0.05, 0.1) is 14.9 Å². The van der Waals surface area contributed by atoms with Gasteiger partial charge in [0, 0.05) is 18.1 Å². The van der Waals surface area contributed by atoms with Gasteiger partial charge in [-0.25, -0.2) is 14.6 Å². The fourth-order valence-corrected chi connectivity index (χ4v) is 4.54. The number of likely N-dealkylation sites (tertiary alicyclic amines) is 1. The van der Waals surface area contributed by atoms with Crippen molar-refractivity contribution in [2.45, 2.75) is 25.2 Å². The van der Waals surface area contributed by atoms with Gasteiger partial charge in [0.2, 0.25) is 0 Å². The summed E-state index contributed by atoms with van der Waals surface area (Å²) in [5.41, 5.74) is 2.82. The number of hydrogen-bond acceptors (Lipinski definition) is 5. The third-order valence-corrected chi connectivity index (χ3v) is 5.93. The SMILES string of the molecule is CN1CCC(c2nc3c(s2)=CC2=CC=CCC=32)CC1.O=C(O)C=CC(=O)O. The fraction of sp³-hybridized carbons (Fsp3) is 0.350. The number of carbonyl (C=O) groups is 2. The summed E-state index contributed by atoms with van der Waals surface area (Å²) in [6, 6.07) is 0. The fourth-order valence-electron chi connectivity index (χ4n) is 3.32. The van der Waals surface area contributed by atoms with Gasteiger partial charge in [-0.3, -0.25) is 0 Å². The molecule has 4 rings (SSSR count). The molecule has 0 atom stereocenters. The Labute approximate surface area is 161 Å². The van der Waals surface area contributed by atoms with Crippen molar-refractivity contribution in [1.82, 2.24) is 9.88 Å². The molecule has 1 fully saturated rings. The Hall–Kier alpha value is -2.51. The molecule has 0 spiro atoms. The zero-order valence-electron chi connectivity index (χ0n) is 15.1. The lowest BCUT2D eigenvalue weighted by atomic mass is 9.98. The number of hydrogen-bond donors (Lipinski definition) is 2. The van der Waals surface area contributed by atoms with Crippen LogP contribution in [0.5, 0.6) is 0 Å². The van der Waals surface area contributed by atoms with E-state index in [-0.39, 0.29) is 0 Å². The highest BCUT2D eigenvalue weighted by molar-refractivity contribution is 7.09. The van der Waals surface area contributed by atoms with Gasteiger partial charge in [-0.05, 0) is 56.6 Å². The third-order valence-electron chi connectivity index (χ3n) is 4.76. The molecule has 1 aromatic heterocycles. The highest BCUT2D eigenvalue weighted by atomic mass is 32.1. The molecule has 0 aromatic carbocycles. The number of aliphatic carboxylic acids is 2. The summed E-state index contributed by atoms with van der Waals surface area (Å²) in [7, 11) is 2.22. The van der Waals surface area contributed by atoms with Crippen LogP contribution in [0.2, 0.25) is 0 Å². The van der Waals surface area contributed by atoms with Gasteiger partial charge in [0.25, 0.3) is 0 Å². The number of allylic oxidation sites excluding steroid dienone is 4.